The number of carboxylic acids is 1. The van der Waals surface area contributed by atoms with Gasteiger partial charge in [0.25, 0.3) is 0 Å². The third kappa shape index (κ3) is 3.70. The standard InChI is InChI=1S/C4H2F3IO2/c5-4(6,7)2(8)1-3(9)10/h1H,(H,9,10). The van der Waals surface area contributed by atoms with Gasteiger partial charge in [-0.25, -0.2) is 4.79 Å². The lowest BCUT2D eigenvalue weighted by Crippen LogP contribution is -2.08. The van der Waals surface area contributed by atoms with Crippen molar-refractivity contribution in [2.24, 2.45) is 0 Å². The molecule has 0 heterocycles. The van der Waals surface area contributed by atoms with E-state index in [1.165, 1.54) is 0 Å². The first kappa shape index (κ1) is 9.73. The smallest absolute Gasteiger partial charge is 0.422 e. The number of hydrogen-bond acceptors (Lipinski definition) is 1. The first-order chi connectivity index (χ1) is 4.34. The fourth-order valence-electron chi connectivity index (χ4n) is 0.190. The second-order valence-electron chi connectivity index (χ2n) is 1.33. The molecule has 0 saturated heterocycles. The van der Waals surface area contributed by atoms with Gasteiger partial charge in [0.05, 0.1) is 0 Å². The Hall–Kier alpha value is -0.270. The zero-order valence-electron chi connectivity index (χ0n) is 4.44. The van der Waals surface area contributed by atoms with Crippen molar-refractivity contribution in [2.75, 3.05) is 0 Å². The third-order valence-corrected chi connectivity index (χ3v) is 1.44. The van der Waals surface area contributed by atoms with E-state index in [1.807, 2.05) is 0 Å². The van der Waals surface area contributed by atoms with Gasteiger partial charge in [0, 0.05) is 6.08 Å². The summed E-state index contributed by atoms with van der Waals surface area (Å²) < 4.78 is 33.3. The van der Waals surface area contributed by atoms with Gasteiger partial charge in [-0.05, 0) is 22.6 Å². The summed E-state index contributed by atoms with van der Waals surface area (Å²) in [7, 11) is 0. The molecule has 0 saturated carbocycles. The lowest BCUT2D eigenvalue weighted by molar-refractivity contribution is -0.132. The van der Waals surface area contributed by atoms with Gasteiger partial charge in [-0.2, -0.15) is 13.2 Å². The average Bonchev–Trinajstić information content (AvgIpc) is 1.60. The molecule has 10 heavy (non-hydrogen) atoms. The summed E-state index contributed by atoms with van der Waals surface area (Å²) in [6.07, 6.45) is -4.43. The highest BCUT2D eigenvalue weighted by Crippen LogP contribution is 2.30. The van der Waals surface area contributed by atoms with Crippen LogP contribution in [0, 0.1) is 0 Å². The Kier molecular flexibility index (Phi) is 3.13. The number of halogens is 4. The Morgan fingerprint density at radius 2 is 1.90 bits per heavy atom. The van der Waals surface area contributed by atoms with Crippen molar-refractivity contribution in [3.63, 3.8) is 0 Å². The maximum atomic E-state index is 11.5. The first-order valence-corrected chi connectivity index (χ1v) is 3.09. The quantitative estimate of drug-likeness (QED) is 0.581. The Labute approximate surface area is 67.9 Å². The van der Waals surface area contributed by atoms with Crippen molar-refractivity contribution >= 4 is 28.6 Å². The van der Waals surface area contributed by atoms with E-state index in [9.17, 15) is 18.0 Å². The highest BCUT2D eigenvalue weighted by molar-refractivity contribution is 14.1. The summed E-state index contributed by atoms with van der Waals surface area (Å²) in [6.45, 7) is 0. The van der Waals surface area contributed by atoms with Gasteiger partial charge >= 0.3 is 12.1 Å². The van der Waals surface area contributed by atoms with Crippen LogP contribution in [0.3, 0.4) is 0 Å². The largest absolute Gasteiger partial charge is 0.478 e. The van der Waals surface area contributed by atoms with Crippen molar-refractivity contribution in [3.05, 3.63) is 9.66 Å². The number of carbonyl (C=O) groups is 1. The van der Waals surface area contributed by atoms with E-state index >= 15 is 0 Å². The minimum absolute atomic E-state index is 0.112. The zero-order chi connectivity index (χ0) is 8.36. The zero-order valence-corrected chi connectivity index (χ0v) is 6.60. The summed E-state index contributed by atoms with van der Waals surface area (Å²) in [5.41, 5.74) is 0. The van der Waals surface area contributed by atoms with Crippen LogP contribution in [-0.4, -0.2) is 17.3 Å². The first-order valence-electron chi connectivity index (χ1n) is 2.01. The van der Waals surface area contributed by atoms with Crippen LogP contribution in [0.4, 0.5) is 13.2 Å². The molecule has 0 fully saturated rings. The van der Waals surface area contributed by atoms with Gasteiger partial charge < -0.3 is 5.11 Å². The minimum atomic E-state index is -4.54. The molecule has 0 spiro atoms. The van der Waals surface area contributed by atoms with Gasteiger partial charge in [0.15, 0.2) is 0 Å². The number of hydrogen-bond donors (Lipinski definition) is 1. The van der Waals surface area contributed by atoms with E-state index in [0.717, 1.165) is 22.6 Å². The predicted octanol–water partition coefficient (Wildman–Crippen LogP) is 1.95. The molecule has 0 aliphatic carbocycles. The molecule has 1 N–H and O–H groups in total. The van der Waals surface area contributed by atoms with Gasteiger partial charge in [0.2, 0.25) is 0 Å². The molecule has 0 aromatic rings. The highest BCUT2D eigenvalue weighted by atomic mass is 127. The maximum Gasteiger partial charge on any atom is 0.422 e. The van der Waals surface area contributed by atoms with E-state index in [4.69, 9.17) is 5.11 Å². The van der Waals surface area contributed by atoms with Crippen molar-refractivity contribution in [1.82, 2.24) is 0 Å². The molecule has 0 aromatic heterocycles. The highest BCUT2D eigenvalue weighted by Gasteiger charge is 2.32. The van der Waals surface area contributed by atoms with Crippen LogP contribution in [0.2, 0.25) is 0 Å². The normalized spacial score (nSPS) is 13.4. The molecule has 0 rings (SSSR count). The van der Waals surface area contributed by atoms with Crippen molar-refractivity contribution < 1.29 is 23.1 Å². The molecule has 2 nitrogen and oxygen atoms in total. The molecule has 0 bridgehead atoms. The number of rotatable bonds is 1. The Morgan fingerprint density at radius 1 is 1.50 bits per heavy atom. The monoisotopic (exact) mass is 266 g/mol. The molecule has 0 aliphatic rings. The molecule has 0 aliphatic heterocycles. The van der Waals surface area contributed by atoms with Crippen molar-refractivity contribution in [1.29, 1.82) is 0 Å². The Balaban J connectivity index is 4.35. The predicted molar refractivity (Wildman–Crippen MR) is 35.8 cm³/mol. The van der Waals surface area contributed by atoms with Gasteiger partial charge in [0.1, 0.15) is 3.58 Å². The second-order valence-corrected chi connectivity index (χ2v) is 2.49. The van der Waals surface area contributed by atoms with Gasteiger partial charge in [-0.15, -0.1) is 0 Å². The number of alkyl halides is 3. The topological polar surface area (TPSA) is 37.3 Å². The number of allylic oxidation sites excluding steroid dienone is 1. The molecule has 6 heteroatoms. The fourth-order valence-corrected chi connectivity index (χ4v) is 0.457. The molecule has 0 amide bonds. The molecular formula is C4H2F3IO2. The van der Waals surface area contributed by atoms with Crippen molar-refractivity contribution in [3.8, 4) is 0 Å². The van der Waals surface area contributed by atoms with Crippen LogP contribution in [0.25, 0.3) is 0 Å². The van der Waals surface area contributed by atoms with E-state index in [0.29, 0.717) is 0 Å². The number of aliphatic carboxylic acids is 1. The van der Waals surface area contributed by atoms with E-state index in [-0.39, 0.29) is 6.08 Å². The summed E-state index contributed by atoms with van der Waals surface area (Å²) in [6, 6.07) is 0. The van der Waals surface area contributed by atoms with E-state index < -0.39 is 15.7 Å². The van der Waals surface area contributed by atoms with Crippen LogP contribution in [0.15, 0.2) is 9.66 Å². The van der Waals surface area contributed by atoms with Crippen LogP contribution in [-0.2, 0) is 4.79 Å². The van der Waals surface area contributed by atoms with Gasteiger partial charge in [-0.1, -0.05) is 0 Å². The lowest BCUT2D eigenvalue weighted by Gasteiger charge is -2.01. The Bertz CT molecular complexity index is 172. The van der Waals surface area contributed by atoms with E-state index in [2.05, 4.69) is 0 Å². The molecule has 58 valence electrons. The molecule has 0 atom stereocenters. The maximum absolute atomic E-state index is 11.5. The SMILES string of the molecule is O=C(O)C=C(I)C(F)(F)F. The summed E-state index contributed by atoms with van der Waals surface area (Å²) in [5, 5.41) is 7.87. The van der Waals surface area contributed by atoms with Crippen LogP contribution < -0.4 is 0 Å². The third-order valence-electron chi connectivity index (χ3n) is 0.521. The number of carboxylic acid groups (broad SMARTS) is 1. The summed E-state index contributed by atoms with van der Waals surface area (Å²) >= 11 is 0.919. The molecule has 0 unspecified atom stereocenters. The van der Waals surface area contributed by atoms with Crippen LogP contribution >= 0.6 is 22.6 Å². The minimum Gasteiger partial charge on any atom is -0.478 e. The summed E-state index contributed by atoms with van der Waals surface area (Å²) in [5.74, 6) is -1.60. The molecule has 0 radical (unpaired) electrons. The second kappa shape index (κ2) is 3.22. The molecular weight excluding hydrogens is 264 g/mol. The summed E-state index contributed by atoms with van der Waals surface area (Å²) in [4.78, 5) is 9.68. The molecule has 0 aromatic carbocycles. The van der Waals surface area contributed by atoms with Gasteiger partial charge in [-0.3, -0.25) is 0 Å². The van der Waals surface area contributed by atoms with Crippen molar-refractivity contribution in [2.45, 2.75) is 6.18 Å². The van der Waals surface area contributed by atoms with E-state index in [1.54, 1.807) is 0 Å². The lowest BCUT2D eigenvalue weighted by atomic mass is 10.5. The fraction of sp³-hybridized carbons (Fsp3) is 0.250. The van der Waals surface area contributed by atoms with Crippen LogP contribution in [0.1, 0.15) is 0 Å². The van der Waals surface area contributed by atoms with Crippen LogP contribution in [0.5, 0.6) is 0 Å². The average molecular weight is 266 g/mol. The Morgan fingerprint density at radius 3 is 2.00 bits per heavy atom.